The summed E-state index contributed by atoms with van der Waals surface area (Å²) in [7, 11) is 0. The summed E-state index contributed by atoms with van der Waals surface area (Å²) in [6.07, 6.45) is 1.26. The summed E-state index contributed by atoms with van der Waals surface area (Å²) in [6.45, 7) is 12.4. The molecule has 40 heavy (non-hydrogen) atoms. The van der Waals surface area contributed by atoms with Crippen LogP contribution in [0.15, 0.2) is 42.7 Å². The summed E-state index contributed by atoms with van der Waals surface area (Å²) < 4.78 is 29.4. The van der Waals surface area contributed by atoms with Gasteiger partial charge in [-0.2, -0.15) is 10.2 Å². The van der Waals surface area contributed by atoms with E-state index in [2.05, 4.69) is 20.5 Å². The molecule has 1 amide bonds. The van der Waals surface area contributed by atoms with Gasteiger partial charge < -0.3 is 19.4 Å². The van der Waals surface area contributed by atoms with Gasteiger partial charge in [-0.05, 0) is 65.8 Å². The van der Waals surface area contributed by atoms with E-state index in [0.717, 1.165) is 27.7 Å². The molecule has 10 nitrogen and oxygen atoms in total. The molecule has 3 heterocycles. The van der Waals surface area contributed by atoms with Crippen molar-refractivity contribution >= 4 is 28.0 Å². The van der Waals surface area contributed by atoms with Crippen LogP contribution in [-0.2, 0) is 11.3 Å². The zero-order valence-corrected chi connectivity index (χ0v) is 23.4. The zero-order chi connectivity index (χ0) is 28.6. The summed E-state index contributed by atoms with van der Waals surface area (Å²) >= 11 is 0. The van der Waals surface area contributed by atoms with Gasteiger partial charge in [-0.15, -0.1) is 5.10 Å². The number of imidazole rings is 1. The number of benzene rings is 2. The van der Waals surface area contributed by atoms with Crippen molar-refractivity contribution in [2.75, 3.05) is 13.2 Å². The number of halogens is 1. The molecule has 0 atom stereocenters. The van der Waals surface area contributed by atoms with E-state index in [1.807, 2.05) is 64.3 Å². The molecule has 5 aromatic rings. The lowest BCUT2D eigenvalue weighted by Gasteiger charge is -2.19. The molecule has 0 aliphatic heterocycles. The number of ether oxygens (including phenoxy) is 2. The van der Waals surface area contributed by atoms with Gasteiger partial charge in [-0.1, -0.05) is 6.07 Å². The van der Waals surface area contributed by atoms with Crippen molar-refractivity contribution in [3.8, 4) is 22.7 Å². The number of fused-ring (bicyclic) bond motifs is 2. The average Bonchev–Trinajstić information content (AvgIpc) is 3.45. The third-order valence-electron chi connectivity index (χ3n) is 6.38. The number of nitrogens with zero attached hydrogens (tertiary/aromatic N) is 6. The molecular formula is C29H32FN7O3. The first-order valence-electron chi connectivity index (χ1n) is 13.1. The fourth-order valence-corrected chi connectivity index (χ4v) is 4.64. The SMILES string of the molecule is CCOc1ccc(-n2nc3c(-c4ccc5ncn(CCNC(=O)OC(C)(C)C)c5c4)nnc(C)c3c2C)c(F)c1. The monoisotopic (exact) mass is 545 g/mol. The lowest BCUT2D eigenvalue weighted by molar-refractivity contribution is 0.0526. The first kappa shape index (κ1) is 27.0. The number of hydrogen-bond acceptors (Lipinski definition) is 7. The minimum atomic E-state index is -0.564. The van der Waals surface area contributed by atoms with Crippen LogP contribution < -0.4 is 10.1 Å². The van der Waals surface area contributed by atoms with E-state index >= 15 is 4.39 Å². The van der Waals surface area contributed by atoms with Crippen LogP contribution in [0.5, 0.6) is 5.75 Å². The summed E-state index contributed by atoms with van der Waals surface area (Å²) in [5, 5.41) is 17.3. The number of carbonyl (C=O) groups excluding carboxylic acids is 1. The smallest absolute Gasteiger partial charge is 0.407 e. The van der Waals surface area contributed by atoms with Crippen LogP contribution in [-0.4, -0.2) is 54.4 Å². The van der Waals surface area contributed by atoms with Crippen molar-refractivity contribution in [1.29, 1.82) is 0 Å². The van der Waals surface area contributed by atoms with Gasteiger partial charge in [0.05, 0.1) is 35.4 Å². The Morgan fingerprint density at radius 2 is 1.90 bits per heavy atom. The number of hydrogen-bond donors (Lipinski definition) is 1. The number of carbonyl (C=O) groups is 1. The topological polar surface area (TPSA) is 109 Å². The van der Waals surface area contributed by atoms with Gasteiger partial charge in [0.1, 0.15) is 28.2 Å². The second-order valence-electron chi connectivity index (χ2n) is 10.5. The van der Waals surface area contributed by atoms with Gasteiger partial charge in [0.25, 0.3) is 0 Å². The number of alkyl carbamates (subject to hydrolysis) is 1. The number of aromatic nitrogens is 6. The minimum absolute atomic E-state index is 0.313. The number of aryl methyl sites for hydroxylation is 2. The lowest BCUT2D eigenvalue weighted by Crippen LogP contribution is -2.34. The van der Waals surface area contributed by atoms with Crippen LogP contribution in [0.1, 0.15) is 39.1 Å². The van der Waals surface area contributed by atoms with Gasteiger partial charge in [0, 0.05) is 30.1 Å². The van der Waals surface area contributed by atoms with Crippen molar-refractivity contribution in [1.82, 2.24) is 34.8 Å². The molecule has 0 fully saturated rings. The van der Waals surface area contributed by atoms with Crippen molar-refractivity contribution in [3.05, 3.63) is 59.9 Å². The molecule has 1 N–H and O–H groups in total. The fraction of sp³-hybridized carbons (Fsp3) is 0.345. The molecule has 11 heteroatoms. The fourth-order valence-electron chi connectivity index (χ4n) is 4.64. The largest absolute Gasteiger partial charge is 0.494 e. The Labute approximate surface area is 231 Å². The Morgan fingerprint density at radius 3 is 2.62 bits per heavy atom. The van der Waals surface area contributed by atoms with Crippen molar-refractivity contribution in [2.45, 2.75) is 53.7 Å². The Kier molecular flexibility index (Phi) is 7.14. The Bertz CT molecular complexity index is 1720. The molecule has 0 aliphatic carbocycles. The van der Waals surface area contributed by atoms with Gasteiger partial charge in [-0.25, -0.2) is 18.9 Å². The van der Waals surface area contributed by atoms with E-state index in [0.29, 0.717) is 48.0 Å². The summed E-state index contributed by atoms with van der Waals surface area (Å²) in [5.41, 5.74) is 4.87. The second kappa shape index (κ2) is 10.6. The van der Waals surface area contributed by atoms with Crippen molar-refractivity contribution in [3.63, 3.8) is 0 Å². The molecule has 0 spiro atoms. The first-order valence-corrected chi connectivity index (χ1v) is 13.1. The normalized spacial score (nSPS) is 11.8. The summed E-state index contributed by atoms with van der Waals surface area (Å²) in [4.78, 5) is 16.5. The molecule has 5 rings (SSSR count). The van der Waals surface area contributed by atoms with E-state index in [1.54, 1.807) is 23.1 Å². The first-order chi connectivity index (χ1) is 19.1. The van der Waals surface area contributed by atoms with Gasteiger partial charge in [0.2, 0.25) is 0 Å². The van der Waals surface area contributed by atoms with Crippen molar-refractivity contribution < 1.29 is 18.7 Å². The highest BCUT2D eigenvalue weighted by molar-refractivity contribution is 5.96. The molecule has 0 saturated carbocycles. The molecule has 0 saturated heterocycles. The summed E-state index contributed by atoms with van der Waals surface area (Å²) in [5.74, 6) is 0.0248. The molecule has 3 aromatic heterocycles. The van der Waals surface area contributed by atoms with Crippen LogP contribution in [0.3, 0.4) is 0 Å². The van der Waals surface area contributed by atoms with E-state index in [4.69, 9.17) is 14.6 Å². The van der Waals surface area contributed by atoms with Crippen LogP contribution in [0.2, 0.25) is 0 Å². The predicted molar refractivity (Wildman–Crippen MR) is 150 cm³/mol. The Morgan fingerprint density at radius 1 is 1.10 bits per heavy atom. The van der Waals surface area contributed by atoms with E-state index in [-0.39, 0.29) is 0 Å². The second-order valence-corrected chi connectivity index (χ2v) is 10.5. The quantitative estimate of drug-likeness (QED) is 0.287. The Balaban J connectivity index is 1.49. The third-order valence-corrected chi connectivity index (χ3v) is 6.38. The number of nitrogens with one attached hydrogen (secondary N) is 1. The number of rotatable bonds is 7. The van der Waals surface area contributed by atoms with E-state index < -0.39 is 17.5 Å². The van der Waals surface area contributed by atoms with E-state index in [1.165, 1.54) is 6.07 Å². The van der Waals surface area contributed by atoms with Gasteiger partial charge in [0.15, 0.2) is 5.82 Å². The standard InChI is InChI=1S/C29H32FN7O3/c1-7-39-20-9-11-23(21(30)15-20)37-18(3)25-17(2)33-34-26(27(25)35-37)19-8-10-22-24(14-19)36(16-32-22)13-12-31-28(38)40-29(4,5)6/h8-11,14-16H,7,12-13H2,1-6H3,(H,31,38). The molecule has 0 radical (unpaired) electrons. The summed E-state index contributed by atoms with van der Waals surface area (Å²) in [6, 6.07) is 10.5. The Hall–Kier alpha value is -4.54. The molecule has 0 bridgehead atoms. The van der Waals surface area contributed by atoms with Crippen molar-refractivity contribution in [2.24, 2.45) is 0 Å². The maximum Gasteiger partial charge on any atom is 0.407 e. The molecule has 0 unspecified atom stereocenters. The molecule has 208 valence electrons. The highest BCUT2D eigenvalue weighted by atomic mass is 19.1. The van der Waals surface area contributed by atoms with Gasteiger partial charge >= 0.3 is 6.09 Å². The average molecular weight is 546 g/mol. The van der Waals surface area contributed by atoms with Crippen LogP contribution in [0.25, 0.3) is 38.9 Å². The van der Waals surface area contributed by atoms with Crippen LogP contribution in [0, 0.1) is 19.7 Å². The maximum atomic E-state index is 15.1. The third kappa shape index (κ3) is 5.31. The van der Waals surface area contributed by atoms with Crippen LogP contribution >= 0.6 is 0 Å². The molecular weight excluding hydrogens is 513 g/mol. The highest BCUT2D eigenvalue weighted by Gasteiger charge is 2.21. The predicted octanol–water partition coefficient (Wildman–Crippen LogP) is 5.51. The minimum Gasteiger partial charge on any atom is -0.494 e. The zero-order valence-electron chi connectivity index (χ0n) is 23.4. The number of amides is 1. The van der Waals surface area contributed by atoms with Crippen LogP contribution in [0.4, 0.5) is 9.18 Å². The van der Waals surface area contributed by atoms with Gasteiger partial charge in [-0.3, -0.25) is 0 Å². The highest BCUT2D eigenvalue weighted by Crippen LogP contribution is 2.32. The maximum absolute atomic E-state index is 15.1. The van der Waals surface area contributed by atoms with E-state index in [9.17, 15) is 4.79 Å². The molecule has 0 aliphatic rings. The lowest BCUT2D eigenvalue weighted by atomic mass is 10.1. The molecule has 2 aromatic carbocycles.